The zero-order valence-corrected chi connectivity index (χ0v) is 4.94. The molecule has 4 heteroatoms. The summed E-state index contributed by atoms with van der Waals surface area (Å²) in [7, 11) is 0. The molecule has 4 nitrogen and oxygen atoms in total. The molecule has 0 aromatic rings. The fraction of sp³-hybridized carbons (Fsp3) is 1.00. The summed E-state index contributed by atoms with van der Waals surface area (Å²) in [6.45, 7) is 0. The zero-order valence-electron chi connectivity index (χ0n) is 5.94. The van der Waals surface area contributed by atoms with Crippen LogP contribution in [0.4, 0.5) is 0 Å². The van der Waals surface area contributed by atoms with Crippen LogP contribution in [0.5, 0.6) is 0 Å². The van der Waals surface area contributed by atoms with E-state index in [1.807, 2.05) is 0 Å². The predicted octanol–water partition coefficient (Wildman–Crippen LogP) is -1.63. The Morgan fingerprint density at radius 1 is 1.33 bits per heavy atom. The smallest absolute Gasteiger partial charge is 0.133 e. The fourth-order valence-electron chi connectivity index (χ4n) is 0.819. The molecule has 0 aliphatic carbocycles. The first-order valence-corrected chi connectivity index (χ1v) is 2.94. The van der Waals surface area contributed by atoms with Crippen LogP contribution < -0.4 is 5.31 Å². The molecule has 0 spiro atoms. The van der Waals surface area contributed by atoms with Crippen molar-refractivity contribution < 1.29 is 16.7 Å². The SMILES string of the molecule is [2H]N1C(O)CC[C@H](O)C1O. The molecule has 1 saturated heterocycles. The second-order valence-electron chi connectivity index (χ2n) is 2.19. The van der Waals surface area contributed by atoms with E-state index in [1.54, 1.807) is 0 Å². The first-order chi connectivity index (χ1) is 4.63. The number of aliphatic hydroxyl groups excluding tert-OH is 3. The lowest BCUT2D eigenvalue weighted by molar-refractivity contribution is -0.0757. The molecule has 1 fully saturated rings. The zero-order chi connectivity index (χ0) is 7.72. The Labute approximate surface area is 54.6 Å². The van der Waals surface area contributed by atoms with E-state index in [-0.39, 0.29) is 0 Å². The van der Waals surface area contributed by atoms with Crippen molar-refractivity contribution in [3.8, 4) is 0 Å². The summed E-state index contributed by atoms with van der Waals surface area (Å²) in [4.78, 5) is 0. The minimum Gasteiger partial charge on any atom is -0.389 e. The fourth-order valence-corrected chi connectivity index (χ4v) is 0.819. The number of hydrogen-bond acceptors (Lipinski definition) is 4. The van der Waals surface area contributed by atoms with Gasteiger partial charge >= 0.3 is 0 Å². The van der Waals surface area contributed by atoms with Gasteiger partial charge in [0.05, 0.1) is 6.10 Å². The quantitative estimate of drug-likeness (QED) is 0.321. The molecule has 3 atom stereocenters. The molecular weight excluding hydrogens is 122 g/mol. The summed E-state index contributed by atoms with van der Waals surface area (Å²) in [5.41, 5.74) is 0. The molecule has 9 heavy (non-hydrogen) atoms. The Balaban J connectivity index is 2.52. The molecule has 0 aromatic heterocycles. The number of aliphatic hydroxyl groups is 3. The average molecular weight is 134 g/mol. The molecule has 2 unspecified atom stereocenters. The monoisotopic (exact) mass is 134 g/mol. The highest BCUT2D eigenvalue weighted by Gasteiger charge is 2.24. The molecule has 4 N–H and O–H groups in total. The van der Waals surface area contributed by atoms with E-state index >= 15 is 0 Å². The molecular formula is C5H11NO3. The standard InChI is InChI=1S/C5H11NO3/c7-3-1-2-4(8)6-5(3)9/h3-9H,1-2H2/t3-,4?,5?/m0/s1/i/hD. The van der Waals surface area contributed by atoms with E-state index in [9.17, 15) is 0 Å². The van der Waals surface area contributed by atoms with Crippen molar-refractivity contribution in [3.05, 3.63) is 0 Å². The molecule has 54 valence electrons. The second-order valence-corrected chi connectivity index (χ2v) is 2.19. The van der Waals surface area contributed by atoms with Crippen LogP contribution >= 0.6 is 0 Å². The maximum Gasteiger partial charge on any atom is 0.133 e. The first kappa shape index (κ1) is 5.61. The minimum atomic E-state index is -1.25. The van der Waals surface area contributed by atoms with Crippen molar-refractivity contribution >= 4 is 0 Å². The van der Waals surface area contributed by atoms with Gasteiger partial charge in [-0.1, -0.05) is 0 Å². The number of hydrogen-bond donors (Lipinski definition) is 4. The van der Waals surface area contributed by atoms with Gasteiger partial charge in [0, 0.05) is 0 Å². The topological polar surface area (TPSA) is 72.7 Å². The van der Waals surface area contributed by atoms with E-state index in [0.29, 0.717) is 18.2 Å². The van der Waals surface area contributed by atoms with Crippen LogP contribution in [0.3, 0.4) is 0 Å². The lowest BCUT2D eigenvalue weighted by atomic mass is 10.1. The Hall–Kier alpha value is -0.160. The van der Waals surface area contributed by atoms with Gasteiger partial charge in [-0.3, -0.25) is 5.31 Å². The van der Waals surface area contributed by atoms with Gasteiger partial charge in [0.25, 0.3) is 0 Å². The van der Waals surface area contributed by atoms with Crippen molar-refractivity contribution in [1.82, 2.24) is 5.31 Å². The average Bonchev–Trinajstić information content (AvgIpc) is 1.93. The van der Waals surface area contributed by atoms with Crippen LogP contribution in [-0.4, -0.2) is 33.9 Å². The Kier molecular flexibility index (Phi) is 1.63. The number of piperidine rings is 1. The van der Waals surface area contributed by atoms with E-state index < -0.39 is 18.6 Å². The summed E-state index contributed by atoms with van der Waals surface area (Å²) in [6, 6.07) is 0. The van der Waals surface area contributed by atoms with Gasteiger partial charge in [-0.2, -0.15) is 0 Å². The Bertz CT molecular complexity index is 109. The number of nitrogens with one attached hydrogen (secondary N) is 1. The van der Waals surface area contributed by atoms with Crippen LogP contribution in [0, 0.1) is 0 Å². The Morgan fingerprint density at radius 2 is 2.00 bits per heavy atom. The highest BCUT2D eigenvalue weighted by Crippen LogP contribution is 2.09. The summed E-state index contributed by atoms with van der Waals surface area (Å²) in [5.74, 6) is 0. The molecule has 0 bridgehead atoms. The summed E-state index contributed by atoms with van der Waals surface area (Å²) >= 11 is 0. The van der Waals surface area contributed by atoms with E-state index in [1.165, 1.54) is 0 Å². The van der Waals surface area contributed by atoms with Gasteiger partial charge in [0.15, 0.2) is 0 Å². The molecule has 0 saturated carbocycles. The van der Waals surface area contributed by atoms with Gasteiger partial charge in [0.2, 0.25) is 0 Å². The normalized spacial score (nSPS) is 48.8. The van der Waals surface area contributed by atoms with E-state index in [2.05, 4.69) is 0 Å². The molecule has 0 amide bonds. The lowest BCUT2D eigenvalue weighted by Crippen LogP contribution is -2.50. The highest BCUT2D eigenvalue weighted by molar-refractivity contribution is 4.73. The van der Waals surface area contributed by atoms with Crippen LogP contribution in [0.25, 0.3) is 0 Å². The van der Waals surface area contributed by atoms with Gasteiger partial charge in [-0.15, -0.1) is 0 Å². The van der Waals surface area contributed by atoms with Crippen molar-refractivity contribution in [2.45, 2.75) is 31.4 Å². The molecule has 1 aliphatic rings. The second kappa shape index (κ2) is 2.62. The van der Waals surface area contributed by atoms with Crippen LogP contribution in [0.1, 0.15) is 12.8 Å². The molecule has 0 aromatic carbocycles. The van der Waals surface area contributed by atoms with E-state index in [4.69, 9.17) is 16.7 Å². The molecule has 1 heterocycles. The largest absolute Gasteiger partial charge is 0.389 e. The van der Waals surface area contributed by atoms with Crippen LogP contribution in [-0.2, 0) is 0 Å². The predicted molar refractivity (Wildman–Crippen MR) is 30.4 cm³/mol. The third-order valence-corrected chi connectivity index (χ3v) is 1.39. The van der Waals surface area contributed by atoms with Crippen molar-refractivity contribution in [2.24, 2.45) is 0 Å². The van der Waals surface area contributed by atoms with Gasteiger partial charge in [-0.05, 0) is 12.8 Å². The molecule has 0 radical (unpaired) electrons. The third-order valence-electron chi connectivity index (χ3n) is 1.39. The van der Waals surface area contributed by atoms with Gasteiger partial charge in [0.1, 0.15) is 13.9 Å². The van der Waals surface area contributed by atoms with Crippen molar-refractivity contribution in [2.75, 3.05) is 0 Å². The van der Waals surface area contributed by atoms with Crippen molar-refractivity contribution in [3.63, 3.8) is 0 Å². The third kappa shape index (κ3) is 1.62. The lowest BCUT2D eigenvalue weighted by Gasteiger charge is -2.28. The van der Waals surface area contributed by atoms with Crippen LogP contribution in [0.15, 0.2) is 0 Å². The summed E-state index contributed by atoms with van der Waals surface area (Å²) in [6.07, 6.45) is -2.41. The maximum atomic E-state index is 8.95. The van der Waals surface area contributed by atoms with Gasteiger partial charge < -0.3 is 15.3 Å². The van der Waals surface area contributed by atoms with Crippen LogP contribution in [0.2, 0.25) is 1.41 Å². The van der Waals surface area contributed by atoms with Gasteiger partial charge in [-0.25, -0.2) is 0 Å². The van der Waals surface area contributed by atoms with E-state index in [0.717, 1.165) is 0 Å². The number of rotatable bonds is 0. The summed E-state index contributed by atoms with van der Waals surface area (Å²) in [5, 5.41) is 27.4. The summed E-state index contributed by atoms with van der Waals surface area (Å²) < 4.78 is 6.99. The maximum absolute atomic E-state index is 8.95. The molecule has 1 rings (SSSR count). The highest BCUT2D eigenvalue weighted by atomic mass is 16.4. The van der Waals surface area contributed by atoms with Crippen molar-refractivity contribution in [1.29, 1.82) is 0 Å². The molecule has 1 aliphatic heterocycles. The first-order valence-electron chi connectivity index (χ1n) is 3.39. The Morgan fingerprint density at radius 3 is 2.56 bits per heavy atom. The minimum absolute atomic E-state index is 0.335.